The number of nitrogens with zero attached hydrogens (tertiary/aromatic N) is 4. The van der Waals surface area contributed by atoms with Crippen molar-refractivity contribution in [3.63, 3.8) is 0 Å². The van der Waals surface area contributed by atoms with Crippen molar-refractivity contribution in [2.75, 3.05) is 45.8 Å². The third-order valence-corrected chi connectivity index (χ3v) is 6.11. The summed E-state index contributed by atoms with van der Waals surface area (Å²) in [7, 11) is 0. The Morgan fingerprint density at radius 3 is 2.12 bits per heavy atom. The van der Waals surface area contributed by atoms with Gasteiger partial charge in [0.25, 0.3) is 0 Å². The second kappa shape index (κ2) is 11.1. The topological polar surface area (TPSA) is 82.6 Å². The van der Waals surface area contributed by atoms with Gasteiger partial charge in [0.1, 0.15) is 18.2 Å². The van der Waals surface area contributed by atoms with Gasteiger partial charge >= 0.3 is 12.2 Å². The van der Waals surface area contributed by atoms with Gasteiger partial charge < -0.3 is 19.3 Å². The number of carbonyl (C=O) groups excluding carboxylic acids is 3. The number of piperazine rings is 2. The maximum absolute atomic E-state index is 13.5. The Morgan fingerprint density at radius 1 is 0.912 bits per heavy atom. The van der Waals surface area contributed by atoms with Crippen molar-refractivity contribution < 1.29 is 23.9 Å². The summed E-state index contributed by atoms with van der Waals surface area (Å²) < 4.78 is 11.0. The van der Waals surface area contributed by atoms with Crippen LogP contribution >= 0.6 is 0 Å². The summed E-state index contributed by atoms with van der Waals surface area (Å²) in [6.07, 6.45) is -0.840. The smallest absolute Gasteiger partial charge is 0.411 e. The van der Waals surface area contributed by atoms with E-state index in [2.05, 4.69) is 18.7 Å². The number of amides is 3. The SMILES string of the molecule is CC(C)N1CCN(C(=O)OC(C)(C)C)[C@@H](C(=O)N2CCN(C(=O)OCc3ccccc3)CC2)C1. The van der Waals surface area contributed by atoms with Gasteiger partial charge in [0.05, 0.1) is 0 Å². The van der Waals surface area contributed by atoms with Crippen LogP contribution in [0.2, 0.25) is 0 Å². The maximum atomic E-state index is 13.5. The van der Waals surface area contributed by atoms with Gasteiger partial charge in [-0.15, -0.1) is 0 Å². The summed E-state index contributed by atoms with van der Waals surface area (Å²) in [5.41, 5.74) is 0.296. The minimum Gasteiger partial charge on any atom is -0.445 e. The molecule has 188 valence electrons. The molecule has 2 aliphatic rings. The summed E-state index contributed by atoms with van der Waals surface area (Å²) in [6, 6.07) is 9.20. The fourth-order valence-corrected chi connectivity index (χ4v) is 4.15. The zero-order chi connectivity index (χ0) is 24.9. The van der Waals surface area contributed by atoms with E-state index in [1.807, 2.05) is 51.1 Å². The molecule has 2 fully saturated rings. The van der Waals surface area contributed by atoms with Crippen molar-refractivity contribution in [3.05, 3.63) is 35.9 Å². The predicted molar refractivity (Wildman–Crippen MR) is 128 cm³/mol. The highest BCUT2D eigenvalue weighted by Crippen LogP contribution is 2.20. The van der Waals surface area contributed by atoms with Crippen molar-refractivity contribution >= 4 is 18.1 Å². The number of ether oxygens (including phenoxy) is 2. The van der Waals surface area contributed by atoms with E-state index in [1.54, 1.807) is 14.7 Å². The molecule has 0 N–H and O–H groups in total. The highest BCUT2D eigenvalue weighted by atomic mass is 16.6. The highest BCUT2D eigenvalue weighted by molar-refractivity contribution is 5.86. The van der Waals surface area contributed by atoms with Crippen molar-refractivity contribution in [2.45, 2.75) is 58.9 Å². The van der Waals surface area contributed by atoms with Crippen molar-refractivity contribution in [2.24, 2.45) is 0 Å². The van der Waals surface area contributed by atoms with Crippen LogP contribution in [0.25, 0.3) is 0 Å². The molecule has 0 spiro atoms. The van der Waals surface area contributed by atoms with Gasteiger partial charge in [-0.05, 0) is 40.2 Å². The van der Waals surface area contributed by atoms with E-state index in [0.29, 0.717) is 45.8 Å². The van der Waals surface area contributed by atoms with Crippen LogP contribution in [0.15, 0.2) is 30.3 Å². The van der Waals surface area contributed by atoms with E-state index < -0.39 is 17.7 Å². The van der Waals surface area contributed by atoms with Crippen LogP contribution in [-0.4, -0.2) is 101 Å². The van der Waals surface area contributed by atoms with Crippen molar-refractivity contribution in [1.29, 1.82) is 0 Å². The Hall–Kier alpha value is -2.81. The lowest BCUT2D eigenvalue weighted by Gasteiger charge is -2.44. The van der Waals surface area contributed by atoms with Gasteiger partial charge in [0.2, 0.25) is 5.91 Å². The summed E-state index contributed by atoms with van der Waals surface area (Å²) >= 11 is 0. The van der Waals surface area contributed by atoms with Gasteiger partial charge in [-0.3, -0.25) is 14.6 Å². The minimum absolute atomic E-state index is 0.103. The molecular formula is C25H38N4O5. The molecule has 9 nitrogen and oxygen atoms in total. The van der Waals surface area contributed by atoms with E-state index in [4.69, 9.17) is 9.47 Å². The van der Waals surface area contributed by atoms with Crippen LogP contribution in [0, 0.1) is 0 Å². The monoisotopic (exact) mass is 474 g/mol. The van der Waals surface area contributed by atoms with Crippen LogP contribution in [-0.2, 0) is 20.9 Å². The van der Waals surface area contributed by atoms with Gasteiger partial charge in [0, 0.05) is 51.9 Å². The van der Waals surface area contributed by atoms with E-state index in [-0.39, 0.29) is 24.6 Å². The second-order valence-electron chi connectivity index (χ2n) is 10.1. The minimum atomic E-state index is -0.633. The highest BCUT2D eigenvalue weighted by Gasteiger charge is 2.40. The van der Waals surface area contributed by atoms with Crippen LogP contribution in [0.5, 0.6) is 0 Å². The molecule has 0 saturated carbocycles. The summed E-state index contributed by atoms with van der Waals surface area (Å²) in [5.74, 6) is -0.103. The fraction of sp³-hybridized carbons (Fsp3) is 0.640. The van der Waals surface area contributed by atoms with Gasteiger partial charge in [0.15, 0.2) is 0 Å². The maximum Gasteiger partial charge on any atom is 0.411 e. The molecule has 9 heteroatoms. The van der Waals surface area contributed by atoms with Crippen molar-refractivity contribution in [3.8, 4) is 0 Å². The van der Waals surface area contributed by atoms with Gasteiger partial charge in [-0.1, -0.05) is 30.3 Å². The molecule has 0 unspecified atom stereocenters. The number of hydrogen-bond donors (Lipinski definition) is 0. The van der Waals surface area contributed by atoms with Crippen LogP contribution in [0.1, 0.15) is 40.2 Å². The summed E-state index contributed by atoms with van der Waals surface area (Å²) in [6.45, 7) is 13.1. The summed E-state index contributed by atoms with van der Waals surface area (Å²) in [5, 5.41) is 0. The molecule has 0 aromatic heterocycles. The Labute approximate surface area is 202 Å². The van der Waals surface area contributed by atoms with Crippen LogP contribution < -0.4 is 0 Å². The van der Waals surface area contributed by atoms with E-state index in [1.165, 1.54) is 0 Å². The molecule has 2 saturated heterocycles. The predicted octanol–water partition coefficient (Wildman–Crippen LogP) is 2.80. The molecule has 3 rings (SSSR count). The molecule has 2 aliphatic heterocycles. The Bertz CT molecular complexity index is 847. The van der Waals surface area contributed by atoms with E-state index in [0.717, 1.165) is 5.56 Å². The first-order valence-corrected chi connectivity index (χ1v) is 12.0. The summed E-state index contributed by atoms with van der Waals surface area (Å²) in [4.78, 5) is 46.0. The largest absolute Gasteiger partial charge is 0.445 e. The molecule has 0 bridgehead atoms. The number of hydrogen-bond acceptors (Lipinski definition) is 6. The quantitative estimate of drug-likeness (QED) is 0.668. The first-order chi connectivity index (χ1) is 16.0. The Morgan fingerprint density at radius 2 is 1.53 bits per heavy atom. The normalized spacial score (nSPS) is 19.8. The van der Waals surface area contributed by atoms with Crippen LogP contribution in [0.4, 0.5) is 9.59 Å². The molecule has 34 heavy (non-hydrogen) atoms. The van der Waals surface area contributed by atoms with Crippen molar-refractivity contribution in [1.82, 2.24) is 19.6 Å². The lowest BCUT2D eigenvalue weighted by atomic mass is 10.1. The number of rotatable bonds is 4. The standard InChI is InChI=1S/C25H38N4O5/c1-19(2)28-15-16-29(24(32)34-25(3,4)5)21(17-28)22(30)26-11-13-27(14-12-26)23(31)33-18-20-9-7-6-8-10-20/h6-10,19,21H,11-18H2,1-5H3/t21-/m1/s1. The molecule has 3 amide bonds. The van der Waals surface area contributed by atoms with Gasteiger partial charge in [-0.25, -0.2) is 9.59 Å². The lowest BCUT2D eigenvalue weighted by Crippen LogP contribution is -2.64. The molecule has 2 heterocycles. The number of carbonyl (C=O) groups is 3. The Kier molecular flexibility index (Phi) is 8.41. The zero-order valence-corrected chi connectivity index (χ0v) is 21.0. The lowest BCUT2D eigenvalue weighted by molar-refractivity contribution is -0.141. The third-order valence-electron chi connectivity index (χ3n) is 6.11. The fourth-order valence-electron chi connectivity index (χ4n) is 4.15. The van der Waals surface area contributed by atoms with E-state index in [9.17, 15) is 14.4 Å². The second-order valence-corrected chi connectivity index (χ2v) is 10.1. The van der Waals surface area contributed by atoms with E-state index >= 15 is 0 Å². The molecule has 1 aromatic carbocycles. The average Bonchev–Trinajstić information content (AvgIpc) is 2.81. The zero-order valence-electron chi connectivity index (χ0n) is 21.0. The average molecular weight is 475 g/mol. The Balaban J connectivity index is 1.58. The molecule has 0 aliphatic carbocycles. The first kappa shape index (κ1) is 25.8. The third kappa shape index (κ3) is 6.85. The molecule has 1 atom stereocenters. The van der Waals surface area contributed by atoms with Gasteiger partial charge in [-0.2, -0.15) is 0 Å². The molecule has 1 aromatic rings. The molecular weight excluding hydrogens is 436 g/mol. The molecule has 0 radical (unpaired) electrons. The first-order valence-electron chi connectivity index (χ1n) is 12.0. The van der Waals surface area contributed by atoms with Crippen LogP contribution in [0.3, 0.4) is 0 Å². The number of benzene rings is 1.